The number of amides is 2. The van der Waals surface area contributed by atoms with Crippen LogP contribution in [0.5, 0.6) is 0 Å². The van der Waals surface area contributed by atoms with E-state index in [2.05, 4.69) is 10.2 Å². The highest BCUT2D eigenvalue weighted by molar-refractivity contribution is 6.30. The Balaban J connectivity index is 1.52. The van der Waals surface area contributed by atoms with Gasteiger partial charge in [0.2, 0.25) is 11.8 Å². The van der Waals surface area contributed by atoms with Crippen LogP contribution in [0.1, 0.15) is 25.3 Å². The Morgan fingerprint density at radius 2 is 1.68 bits per heavy atom. The summed E-state index contributed by atoms with van der Waals surface area (Å²) in [4.78, 5) is 28.2. The third kappa shape index (κ3) is 5.73. The average Bonchev–Trinajstić information content (AvgIpc) is 3.21. The number of halogens is 1. The summed E-state index contributed by atoms with van der Waals surface area (Å²) in [5, 5.41) is 3.56. The number of anilines is 2. The molecular weight excluding hydrogens is 374 g/mol. The third-order valence-corrected chi connectivity index (χ3v) is 5.24. The first-order valence-corrected chi connectivity index (χ1v) is 10.0. The average molecular weight is 400 g/mol. The molecule has 0 atom stereocenters. The van der Waals surface area contributed by atoms with E-state index >= 15 is 0 Å². The number of benzene rings is 2. The second kappa shape index (κ2) is 9.60. The fourth-order valence-corrected chi connectivity index (χ4v) is 3.49. The lowest BCUT2D eigenvalue weighted by molar-refractivity contribution is -0.132. The summed E-state index contributed by atoms with van der Waals surface area (Å²) in [6, 6.07) is 15.4. The molecule has 0 bridgehead atoms. The number of carbonyl (C=O) groups excluding carboxylic acids is 2. The van der Waals surface area contributed by atoms with E-state index in [1.54, 1.807) is 4.90 Å². The Kier molecular flexibility index (Phi) is 6.93. The number of hydrogen-bond donors (Lipinski definition) is 1. The fraction of sp³-hybridized carbons (Fsp3) is 0.364. The lowest BCUT2D eigenvalue weighted by atomic mass is 10.1. The molecular formula is C22H26ClN3O2. The molecule has 3 rings (SSSR count). The molecule has 6 heteroatoms. The van der Waals surface area contributed by atoms with E-state index in [0.717, 1.165) is 24.3 Å². The molecule has 5 nitrogen and oxygen atoms in total. The summed E-state index contributed by atoms with van der Waals surface area (Å²) in [7, 11) is 0. The SMILES string of the molecule is CC(=O)N(CCc1ccc(Cl)cc1)CC(=O)Nc1ccc(N2CCCC2)cc1. The Morgan fingerprint density at radius 3 is 2.29 bits per heavy atom. The van der Waals surface area contributed by atoms with Crippen molar-refractivity contribution in [1.82, 2.24) is 4.90 Å². The molecule has 1 aliphatic rings. The van der Waals surface area contributed by atoms with Crippen LogP contribution in [0.3, 0.4) is 0 Å². The van der Waals surface area contributed by atoms with E-state index in [0.29, 0.717) is 18.0 Å². The van der Waals surface area contributed by atoms with Crippen LogP contribution in [0.4, 0.5) is 11.4 Å². The van der Waals surface area contributed by atoms with Gasteiger partial charge in [0.1, 0.15) is 0 Å². The standard InChI is InChI=1S/C22H26ClN3O2/c1-17(27)26(15-12-18-4-6-19(23)7-5-18)16-22(28)24-20-8-10-21(11-9-20)25-13-2-3-14-25/h4-11H,2-3,12-16H2,1H3,(H,24,28). The summed E-state index contributed by atoms with van der Waals surface area (Å²) in [5.74, 6) is -0.311. The van der Waals surface area contributed by atoms with Gasteiger partial charge in [-0.3, -0.25) is 9.59 Å². The van der Waals surface area contributed by atoms with Crippen LogP contribution >= 0.6 is 11.6 Å². The monoisotopic (exact) mass is 399 g/mol. The maximum atomic E-state index is 12.4. The quantitative estimate of drug-likeness (QED) is 0.766. The first-order valence-electron chi connectivity index (χ1n) is 9.66. The molecule has 0 aromatic heterocycles. The minimum Gasteiger partial charge on any atom is -0.372 e. The van der Waals surface area contributed by atoms with Gasteiger partial charge in [-0.15, -0.1) is 0 Å². The van der Waals surface area contributed by atoms with Gasteiger partial charge in [0, 0.05) is 43.0 Å². The minimum atomic E-state index is -0.194. The Bertz CT molecular complexity index is 800. The lowest BCUT2D eigenvalue weighted by Gasteiger charge is -2.21. The fourth-order valence-electron chi connectivity index (χ4n) is 3.37. The first kappa shape index (κ1) is 20.2. The van der Waals surface area contributed by atoms with Crippen LogP contribution < -0.4 is 10.2 Å². The maximum absolute atomic E-state index is 12.4. The van der Waals surface area contributed by atoms with E-state index < -0.39 is 0 Å². The summed E-state index contributed by atoms with van der Waals surface area (Å²) >= 11 is 5.90. The van der Waals surface area contributed by atoms with Crippen molar-refractivity contribution in [2.24, 2.45) is 0 Å². The van der Waals surface area contributed by atoms with E-state index in [4.69, 9.17) is 11.6 Å². The largest absolute Gasteiger partial charge is 0.372 e. The smallest absolute Gasteiger partial charge is 0.243 e. The van der Waals surface area contributed by atoms with Crippen molar-refractivity contribution >= 4 is 34.8 Å². The zero-order chi connectivity index (χ0) is 19.9. The molecule has 1 saturated heterocycles. The second-order valence-electron chi connectivity index (χ2n) is 7.11. The molecule has 0 aliphatic carbocycles. The van der Waals surface area contributed by atoms with Crippen molar-refractivity contribution in [3.05, 3.63) is 59.1 Å². The topological polar surface area (TPSA) is 52.7 Å². The van der Waals surface area contributed by atoms with Gasteiger partial charge in [-0.25, -0.2) is 0 Å². The van der Waals surface area contributed by atoms with Gasteiger partial charge in [0.25, 0.3) is 0 Å². The van der Waals surface area contributed by atoms with Crippen LogP contribution in [-0.2, 0) is 16.0 Å². The lowest BCUT2D eigenvalue weighted by Crippen LogP contribution is -2.38. The summed E-state index contributed by atoms with van der Waals surface area (Å²) in [5.41, 5.74) is 3.01. The molecule has 0 spiro atoms. The molecule has 1 heterocycles. The van der Waals surface area contributed by atoms with Crippen LogP contribution in [-0.4, -0.2) is 42.9 Å². The molecule has 1 aliphatic heterocycles. The summed E-state index contributed by atoms with van der Waals surface area (Å²) < 4.78 is 0. The van der Waals surface area contributed by atoms with Crippen molar-refractivity contribution < 1.29 is 9.59 Å². The highest BCUT2D eigenvalue weighted by atomic mass is 35.5. The molecule has 28 heavy (non-hydrogen) atoms. The number of nitrogens with one attached hydrogen (secondary N) is 1. The van der Waals surface area contributed by atoms with Gasteiger partial charge in [-0.2, -0.15) is 0 Å². The minimum absolute atomic E-state index is 0.0385. The molecule has 1 N–H and O–H groups in total. The maximum Gasteiger partial charge on any atom is 0.243 e. The number of rotatable bonds is 7. The van der Waals surface area contributed by atoms with Crippen molar-refractivity contribution in [1.29, 1.82) is 0 Å². The van der Waals surface area contributed by atoms with Crippen LogP contribution in [0.15, 0.2) is 48.5 Å². The highest BCUT2D eigenvalue weighted by Gasteiger charge is 2.15. The van der Waals surface area contributed by atoms with E-state index in [-0.39, 0.29) is 18.4 Å². The molecule has 2 aromatic carbocycles. The zero-order valence-electron chi connectivity index (χ0n) is 16.2. The van der Waals surface area contributed by atoms with E-state index in [9.17, 15) is 9.59 Å². The predicted molar refractivity (Wildman–Crippen MR) is 114 cm³/mol. The van der Waals surface area contributed by atoms with Crippen LogP contribution in [0.2, 0.25) is 5.02 Å². The van der Waals surface area contributed by atoms with Crippen molar-refractivity contribution in [2.45, 2.75) is 26.2 Å². The number of nitrogens with zero attached hydrogens (tertiary/aromatic N) is 2. The van der Waals surface area contributed by atoms with E-state index in [1.807, 2.05) is 48.5 Å². The Hall–Kier alpha value is -2.53. The molecule has 148 valence electrons. The van der Waals surface area contributed by atoms with Gasteiger partial charge in [0.05, 0.1) is 6.54 Å². The van der Waals surface area contributed by atoms with Crippen molar-refractivity contribution in [2.75, 3.05) is 36.4 Å². The zero-order valence-corrected chi connectivity index (χ0v) is 16.9. The van der Waals surface area contributed by atoms with Crippen molar-refractivity contribution in [3.8, 4) is 0 Å². The number of carbonyl (C=O) groups is 2. The summed E-state index contributed by atoms with van der Waals surface area (Å²) in [6.45, 7) is 4.19. The Labute approximate surface area is 171 Å². The molecule has 0 radical (unpaired) electrons. The van der Waals surface area contributed by atoms with E-state index in [1.165, 1.54) is 25.5 Å². The first-order chi connectivity index (χ1) is 13.5. The highest BCUT2D eigenvalue weighted by Crippen LogP contribution is 2.22. The molecule has 0 unspecified atom stereocenters. The second-order valence-corrected chi connectivity index (χ2v) is 7.54. The molecule has 2 amide bonds. The molecule has 0 saturated carbocycles. The molecule has 1 fully saturated rings. The summed E-state index contributed by atoms with van der Waals surface area (Å²) in [6.07, 6.45) is 3.14. The van der Waals surface area contributed by atoms with Gasteiger partial charge in [-0.05, 0) is 61.2 Å². The third-order valence-electron chi connectivity index (χ3n) is 4.99. The Morgan fingerprint density at radius 1 is 1.04 bits per heavy atom. The van der Waals surface area contributed by atoms with Crippen molar-refractivity contribution in [3.63, 3.8) is 0 Å². The predicted octanol–water partition coefficient (Wildman–Crippen LogP) is 3.97. The number of hydrogen-bond acceptors (Lipinski definition) is 3. The van der Waals surface area contributed by atoms with Gasteiger partial charge in [-0.1, -0.05) is 23.7 Å². The van der Waals surface area contributed by atoms with Gasteiger partial charge in [0.15, 0.2) is 0 Å². The van der Waals surface area contributed by atoms with Crippen LogP contribution in [0.25, 0.3) is 0 Å². The van der Waals surface area contributed by atoms with Gasteiger partial charge >= 0.3 is 0 Å². The van der Waals surface area contributed by atoms with Crippen LogP contribution in [0, 0.1) is 0 Å². The van der Waals surface area contributed by atoms with Gasteiger partial charge < -0.3 is 15.1 Å². The normalized spacial score (nSPS) is 13.4. The molecule has 2 aromatic rings.